The Labute approximate surface area is 255 Å². The molecule has 0 amide bonds. The Balaban J connectivity index is 1.20. The first kappa shape index (κ1) is 26.1. The Morgan fingerprint density at radius 1 is 0.977 bits per heavy atom. The molecule has 0 spiro atoms. The van der Waals surface area contributed by atoms with Gasteiger partial charge in [-0.1, -0.05) is 42.5 Å². The Kier molecular flexibility index (Phi) is 5.82. The number of fused-ring (bicyclic) bond motifs is 1. The molecule has 2 heterocycles. The number of piperidine rings is 1. The molecule has 4 aliphatic carbocycles. The molecule has 4 bridgehead atoms. The van der Waals surface area contributed by atoms with Crippen molar-refractivity contribution in [3.8, 4) is 23.3 Å². The van der Waals surface area contributed by atoms with Crippen molar-refractivity contribution < 1.29 is 9.47 Å². The van der Waals surface area contributed by atoms with Gasteiger partial charge in [0.15, 0.2) is 11.5 Å². The summed E-state index contributed by atoms with van der Waals surface area (Å²) in [5.74, 6) is 4.72. The van der Waals surface area contributed by atoms with Gasteiger partial charge >= 0.3 is 0 Å². The molecular formula is C38H41N3O2. The zero-order valence-electron chi connectivity index (χ0n) is 25.2. The van der Waals surface area contributed by atoms with Gasteiger partial charge in [0.25, 0.3) is 0 Å². The highest BCUT2D eigenvalue weighted by atomic mass is 16.5. The number of methoxy groups -OCH3 is 1. The molecule has 0 N–H and O–H groups in total. The molecule has 3 saturated carbocycles. The van der Waals surface area contributed by atoms with Crippen LogP contribution in [0.5, 0.6) is 17.2 Å². The second-order valence-electron chi connectivity index (χ2n) is 14.4. The lowest BCUT2D eigenvalue weighted by atomic mass is 9.43. The lowest BCUT2D eigenvalue weighted by Crippen LogP contribution is -2.69. The lowest BCUT2D eigenvalue weighted by Gasteiger charge is -2.66. The number of likely N-dealkylation sites (tertiary alicyclic amines) is 2. The predicted octanol–water partition coefficient (Wildman–Crippen LogP) is 6.94. The summed E-state index contributed by atoms with van der Waals surface area (Å²) in [5.41, 5.74) is 5.35. The maximum Gasteiger partial charge on any atom is 0.173 e. The molecule has 0 radical (unpaired) electrons. The Morgan fingerprint density at radius 3 is 2.67 bits per heavy atom. The average molecular weight is 572 g/mol. The molecule has 43 heavy (non-hydrogen) atoms. The van der Waals surface area contributed by atoms with Gasteiger partial charge in [-0.15, -0.1) is 0 Å². The van der Waals surface area contributed by atoms with E-state index in [4.69, 9.17) is 9.47 Å². The SMILES string of the molecule is COc1ccc2c(c1Oc1cccc(C#N)c1)C13CCN(CC4CC4)[C@H](C2)C12CCC1C3[C@@H](CN1Cc1ccccc1)C2. The Bertz CT molecular complexity index is 1610. The van der Waals surface area contributed by atoms with Crippen molar-refractivity contribution in [2.75, 3.05) is 26.7 Å². The van der Waals surface area contributed by atoms with E-state index in [1.54, 1.807) is 7.11 Å². The molecule has 6 aliphatic rings. The summed E-state index contributed by atoms with van der Waals surface area (Å²) < 4.78 is 13.0. The monoisotopic (exact) mass is 571 g/mol. The van der Waals surface area contributed by atoms with E-state index in [1.165, 1.54) is 74.8 Å². The fraction of sp³-hybridized carbons (Fsp3) is 0.500. The van der Waals surface area contributed by atoms with Gasteiger partial charge in [0.2, 0.25) is 0 Å². The third-order valence-electron chi connectivity index (χ3n) is 12.6. The van der Waals surface area contributed by atoms with Gasteiger partial charge < -0.3 is 9.47 Å². The predicted molar refractivity (Wildman–Crippen MR) is 166 cm³/mol. The van der Waals surface area contributed by atoms with Crippen LogP contribution in [0.1, 0.15) is 60.8 Å². The second kappa shape index (κ2) is 9.58. The van der Waals surface area contributed by atoms with E-state index in [0.29, 0.717) is 29.5 Å². The summed E-state index contributed by atoms with van der Waals surface area (Å²) in [5, 5.41) is 9.62. The molecule has 6 atom stereocenters. The minimum Gasteiger partial charge on any atom is -0.493 e. The van der Waals surface area contributed by atoms with Crippen molar-refractivity contribution in [3.63, 3.8) is 0 Å². The number of benzene rings is 3. The smallest absolute Gasteiger partial charge is 0.173 e. The van der Waals surface area contributed by atoms with Crippen LogP contribution in [0.15, 0.2) is 66.7 Å². The fourth-order valence-corrected chi connectivity index (χ4v) is 11.1. The summed E-state index contributed by atoms with van der Waals surface area (Å²) in [6.45, 7) is 4.74. The van der Waals surface area contributed by atoms with Crippen LogP contribution < -0.4 is 9.47 Å². The van der Waals surface area contributed by atoms with E-state index in [-0.39, 0.29) is 10.8 Å². The first-order chi connectivity index (χ1) is 21.1. The minimum absolute atomic E-state index is 0.0844. The van der Waals surface area contributed by atoms with Gasteiger partial charge in [-0.05, 0) is 110 Å². The van der Waals surface area contributed by atoms with E-state index >= 15 is 0 Å². The molecule has 2 aliphatic heterocycles. The Morgan fingerprint density at radius 2 is 1.86 bits per heavy atom. The number of nitrogens with zero attached hydrogens (tertiary/aromatic N) is 3. The van der Waals surface area contributed by atoms with Crippen LogP contribution in [0.2, 0.25) is 0 Å². The molecule has 3 aromatic rings. The van der Waals surface area contributed by atoms with E-state index in [1.807, 2.05) is 24.3 Å². The zero-order valence-corrected chi connectivity index (χ0v) is 25.2. The average Bonchev–Trinajstić information content (AvgIpc) is 3.75. The van der Waals surface area contributed by atoms with Crippen molar-refractivity contribution in [2.45, 2.75) is 69.0 Å². The minimum atomic E-state index is 0.0844. The fourth-order valence-electron chi connectivity index (χ4n) is 11.1. The largest absolute Gasteiger partial charge is 0.493 e. The summed E-state index contributed by atoms with van der Waals surface area (Å²) >= 11 is 0. The maximum atomic E-state index is 9.62. The topological polar surface area (TPSA) is 48.7 Å². The van der Waals surface area contributed by atoms with Crippen LogP contribution in [0, 0.1) is 34.5 Å². The molecule has 220 valence electrons. The summed E-state index contributed by atoms with van der Waals surface area (Å²) in [6.07, 6.45) is 9.10. The van der Waals surface area contributed by atoms with Gasteiger partial charge in [-0.2, -0.15) is 5.26 Å². The van der Waals surface area contributed by atoms with Gasteiger partial charge in [0, 0.05) is 42.7 Å². The molecule has 5 nitrogen and oxygen atoms in total. The van der Waals surface area contributed by atoms with Crippen molar-refractivity contribution >= 4 is 0 Å². The second-order valence-corrected chi connectivity index (χ2v) is 14.4. The third-order valence-corrected chi connectivity index (χ3v) is 12.6. The van der Waals surface area contributed by atoms with Crippen molar-refractivity contribution in [3.05, 3.63) is 89.0 Å². The zero-order chi connectivity index (χ0) is 28.8. The van der Waals surface area contributed by atoms with Crippen molar-refractivity contribution in [1.82, 2.24) is 9.80 Å². The van der Waals surface area contributed by atoms with Crippen LogP contribution in [0.3, 0.4) is 0 Å². The highest BCUT2D eigenvalue weighted by Gasteiger charge is 2.76. The summed E-state index contributed by atoms with van der Waals surface area (Å²) in [6, 6.07) is 26.7. The van der Waals surface area contributed by atoms with Crippen LogP contribution >= 0.6 is 0 Å². The van der Waals surface area contributed by atoms with Gasteiger partial charge in [-0.25, -0.2) is 0 Å². The van der Waals surface area contributed by atoms with Crippen molar-refractivity contribution in [1.29, 1.82) is 5.26 Å². The number of hydrogen-bond acceptors (Lipinski definition) is 5. The molecule has 5 heteroatoms. The maximum absolute atomic E-state index is 9.62. The molecule has 3 aromatic carbocycles. The van der Waals surface area contributed by atoms with Crippen LogP contribution in [-0.2, 0) is 18.4 Å². The lowest BCUT2D eigenvalue weighted by molar-refractivity contribution is -0.106. The highest BCUT2D eigenvalue weighted by Crippen LogP contribution is 2.77. The number of hydrogen-bond donors (Lipinski definition) is 0. The van der Waals surface area contributed by atoms with Gasteiger partial charge in [0.05, 0.1) is 18.7 Å². The number of rotatable bonds is 7. The molecule has 2 saturated heterocycles. The van der Waals surface area contributed by atoms with Crippen LogP contribution in [0.4, 0.5) is 0 Å². The third kappa shape index (κ3) is 3.69. The van der Waals surface area contributed by atoms with Crippen LogP contribution in [0.25, 0.3) is 0 Å². The normalized spacial score (nSPS) is 33.9. The quantitative estimate of drug-likeness (QED) is 0.308. The molecule has 9 rings (SSSR count). The highest BCUT2D eigenvalue weighted by molar-refractivity contribution is 5.61. The van der Waals surface area contributed by atoms with E-state index in [0.717, 1.165) is 36.1 Å². The Hall–Kier alpha value is -3.33. The molecule has 5 fully saturated rings. The van der Waals surface area contributed by atoms with E-state index < -0.39 is 0 Å². The molecule has 4 unspecified atom stereocenters. The standard InChI is InChI=1S/C38H41N3O2/c1-42-32-13-12-28-19-33-37-15-14-31-34(29(20-37)24-41(31)23-25-6-3-2-4-7-25)38(37,16-17-40(33)22-26-10-11-26)35(28)36(32)43-30-9-5-8-27(18-30)21-39/h2-9,12-13,18,26,29,31,33-34H,10-11,14-17,19-20,22-24H2,1H3/t29-,31?,33-,34?,37?,38?/m1/s1. The van der Waals surface area contributed by atoms with E-state index in [9.17, 15) is 5.26 Å². The van der Waals surface area contributed by atoms with Crippen molar-refractivity contribution in [2.24, 2.45) is 23.2 Å². The number of ether oxygens (including phenoxy) is 2. The van der Waals surface area contributed by atoms with Gasteiger partial charge in [0.1, 0.15) is 5.75 Å². The first-order valence-corrected chi connectivity index (χ1v) is 16.5. The summed E-state index contributed by atoms with van der Waals surface area (Å²) in [7, 11) is 1.78. The summed E-state index contributed by atoms with van der Waals surface area (Å²) in [4.78, 5) is 5.79. The first-order valence-electron chi connectivity index (χ1n) is 16.5. The molecular weight excluding hydrogens is 530 g/mol. The van der Waals surface area contributed by atoms with Crippen LogP contribution in [-0.4, -0.2) is 48.6 Å². The van der Waals surface area contributed by atoms with Gasteiger partial charge in [-0.3, -0.25) is 9.80 Å². The van der Waals surface area contributed by atoms with E-state index in [2.05, 4.69) is 58.3 Å². The number of nitriles is 1. The molecule has 0 aromatic heterocycles.